The van der Waals surface area contributed by atoms with E-state index >= 15 is 0 Å². The lowest BCUT2D eigenvalue weighted by molar-refractivity contribution is 0.0610. The number of aromatic nitrogens is 2. The molecule has 15 heteroatoms. The van der Waals surface area contributed by atoms with Gasteiger partial charge in [-0.25, -0.2) is 22.8 Å². The Morgan fingerprint density at radius 2 is 1.85 bits per heavy atom. The van der Waals surface area contributed by atoms with Crippen molar-refractivity contribution in [2.24, 2.45) is 0 Å². The smallest absolute Gasteiger partial charge is 0.273 e. The number of β-amino-alcohol motifs (C(OH)–C–C–N with tert-alkyl or cyclic N) is 1. The van der Waals surface area contributed by atoms with Crippen molar-refractivity contribution in [3.8, 4) is 0 Å². The Morgan fingerprint density at radius 1 is 1.11 bits per heavy atom. The number of nitrogens with two attached hydrogens (primary N) is 1. The third-order valence-electron chi connectivity index (χ3n) is 9.70. The highest BCUT2D eigenvalue weighted by Gasteiger charge is 2.35. The zero-order valence-corrected chi connectivity index (χ0v) is 29.2. The molecule has 2 aromatic rings. The summed E-state index contributed by atoms with van der Waals surface area (Å²) in [6.45, 7) is 10.4. The van der Waals surface area contributed by atoms with E-state index in [4.69, 9.17) is 17.3 Å². The first-order chi connectivity index (χ1) is 22.3. The van der Waals surface area contributed by atoms with E-state index in [1.165, 1.54) is 0 Å². The van der Waals surface area contributed by atoms with Gasteiger partial charge in [0, 0.05) is 75.4 Å². The van der Waals surface area contributed by atoms with Gasteiger partial charge in [-0.3, -0.25) is 14.6 Å². The molecule has 47 heavy (non-hydrogen) atoms. The molecule has 1 aromatic heterocycles. The molecular weight excluding hydrogens is 647 g/mol. The number of rotatable bonds is 11. The molecule has 0 bridgehead atoms. The minimum absolute atomic E-state index is 0.0201. The maximum atomic E-state index is 14.6. The molecule has 4 heterocycles. The summed E-state index contributed by atoms with van der Waals surface area (Å²) in [5.74, 6) is -0.335. The van der Waals surface area contributed by atoms with Crippen LogP contribution in [0.1, 0.15) is 60.6 Å². The fourth-order valence-electron chi connectivity index (χ4n) is 7.21. The van der Waals surface area contributed by atoms with Gasteiger partial charge in [0.25, 0.3) is 5.91 Å². The Kier molecular flexibility index (Phi) is 11.5. The summed E-state index contributed by atoms with van der Waals surface area (Å²) in [4.78, 5) is 30.7. The number of carbonyl (C=O) groups excluding carboxylic acids is 1. The highest BCUT2D eigenvalue weighted by Crippen LogP contribution is 2.33. The molecule has 0 spiro atoms. The number of aliphatic hydroxyl groups is 1. The second kappa shape index (κ2) is 15.2. The van der Waals surface area contributed by atoms with Gasteiger partial charge in [-0.1, -0.05) is 24.6 Å². The summed E-state index contributed by atoms with van der Waals surface area (Å²) in [6.07, 6.45) is 4.80. The SMILES string of the molecule is CC[C@H]1CN(c2nc(N)c(C(=O)NCCCS(C)(=O)=O)nc2Cl)CCN1C1CCN(Cc2ccc(F)c(C)c2N2CC[C@@H](O)C2)CC1. The molecule has 0 aliphatic carbocycles. The van der Waals surface area contributed by atoms with Crippen LogP contribution in [0.2, 0.25) is 5.15 Å². The number of hydrogen-bond acceptors (Lipinski definition) is 11. The van der Waals surface area contributed by atoms with E-state index in [1.807, 2.05) is 13.0 Å². The topological polar surface area (TPSA) is 148 Å². The van der Waals surface area contributed by atoms with Gasteiger partial charge in [0.15, 0.2) is 22.5 Å². The van der Waals surface area contributed by atoms with Crippen LogP contribution in [0.15, 0.2) is 12.1 Å². The van der Waals surface area contributed by atoms with Crippen LogP contribution in [-0.4, -0.2) is 122 Å². The summed E-state index contributed by atoms with van der Waals surface area (Å²) in [6, 6.07) is 4.20. The molecular formula is C32H48ClFN8O4S. The van der Waals surface area contributed by atoms with Crippen LogP contribution < -0.4 is 20.9 Å². The van der Waals surface area contributed by atoms with Crippen molar-refractivity contribution in [2.75, 3.05) is 79.9 Å². The van der Waals surface area contributed by atoms with Gasteiger partial charge >= 0.3 is 0 Å². The molecule has 0 saturated carbocycles. The third kappa shape index (κ3) is 8.63. The van der Waals surface area contributed by atoms with E-state index in [0.29, 0.717) is 43.5 Å². The van der Waals surface area contributed by atoms with Gasteiger partial charge in [0.05, 0.1) is 11.9 Å². The van der Waals surface area contributed by atoms with Crippen LogP contribution >= 0.6 is 11.6 Å². The van der Waals surface area contributed by atoms with Gasteiger partial charge < -0.3 is 26.0 Å². The standard InChI is InChI=1S/C32H48ClFN8O4S/c1-4-23-19-41(31-29(33)37-27(30(35)38-31)32(44)36-11-5-17-47(3,45)46)15-16-42(23)24-8-12-39(13-9-24)18-22-6-7-26(34)21(2)28(22)40-14-10-25(43)20-40/h6-7,23-25,43H,4-5,8-20H2,1-3H3,(H2,35,38)(H,36,44)/t23-,25+/m0/s1. The van der Waals surface area contributed by atoms with Crippen LogP contribution in [0.4, 0.5) is 21.7 Å². The van der Waals surface area contributed by atoms with E-state index in [1.54, 1.807) is 6.07 Å². The molecule has 5 rings (SSSR count). The van der Waals surface area contributed by atoms with Gasteiger partial charge in [-0.2, -0.15) is 0 Å². The van der Waals surface area contributed by atoms with Crippen LogP contribution in [0.5, 0.6) is 0 Å². The van der Waals surface area contributed by atoms with Gasteiger partial charge in [-0.05, 0) is 63.7 Å². The number of aliphatic hydroxyl groups excluding tert-OH is 1. The molecule has 4 N–H and O–H groups in total. The van der Waals surface area contributed by atoms with Crippen molar-refractivity contribution < 1.29 is 22.7 Å². The maximum Gasteiger partial charge on any atom is 0.273 e. The van der Waals surface area contributed by atoms with Crippen molar-refractivity contribution in [3.63, 3.8) is 0 Å². The fourth-order valence-corrected chi connectivity index (χ4v) is 8.12. The van der Waals surface area contributed by atoms with Crippen molar-refractivity contribution in [1.82, 2.24) is 25.1 Å². The zero-order valence-electron chi connectivity index (χ0n) is 27.6. The largest absolute Gasteiger partial charge is 0.391 e. The molecule has 3 aliphatic rings. The number of anilines is 3. The van der Waals surface area contributed by atoms with E-state index in [0.717, 1.165) is 69.5 Å². The van der Waals surface area contributed by atoms with Gasteiger partial charge in [0.1, 0.15) is 15.7 Å². The van der Waals surface area contributed by atoms with Gasteiger partial charge in [-0.15, -0.1) is 0 Å². The molecule has 260 valence electrons. The molecule has 1 amide bonds. The maximum absolute atomic E-state index is 14.6. The number of nitrogens with zero attached hydrogens (tertiary/aromatic N) is 6. The Hall–Kier alpha value is -2.78. The summed E-state index contributed by atoms with van der Waals surface area (Å²) >= 11 is 6.55. The third-order valence-corrected chi connectivity index (χ3v) is 11.0. The minimum Gasteiger partial charge on any atom is -0.391 e. The first-order valence-corrected chi connectivity index (χ1v) is 19.0. The lowest BCUT2D eigenvalue weighted by atomic mass is 9.97. The number of nitrogens with one attached hydrogen (secondary N) is 1. The molecule has 2 atom stereocenters. The quantitative estimate of drug-likeness (QED) is 0.298. The fraction of sp³-hybridized carbons (Fsp3) is 0.656. The highest BCUT2D eigenvalue weighted by atomic mass is 35.5. The molecule has 1 aromatic carbocycles. The Balaban J connectivity index is 1.17. The summed E-state index contributed by atoms with van der Waals surface area (Å²) in [5, 5.41) is 12.9. The van der Waals surface area contributed by atoms with E-state index in [9.17, 15) is 22.7 Å². The summed E-state index contributed by atoms with van der Waals surface area (Å²) in [5.41, 5.74) is 8.79. The van der Waals surface area contributed by atoms with Crippen molar-refractivity contribution >= 4 is 44.7 Å². The molecule has 12 nitrogen and oxygen atoms in total. The lowest BCUT2D eigenvalue weighted by Crippen LogP contribution is -2.58. The molecule has 3 saturated heterocycles. The van der Waals surface area contributed by atoms with Crippen molar-refractivity contribution in [3.05, 3.63) is 39.9 Å². The summed E-state index contributed by atoms with van der Waals surface area (Å²) in [7, 11) is -3.11. The molecule has 0 unspecified atom stereocenters. The van der Waals surface area contributed by atoms with Crippen LogP contribution in [-0.2, 0) is 16.4 Å². The zero-order chi connectivity index (χ0) is 33.9. The molecule has 3 aliphatic heterocycles. The number of halogens is 2. The number of benzene rings is 1. The first-order valence-electron chi connectivity index (χ1n) is 16.6. The first kappa shape index (κ1) is 35.5. The number of likely N-dealkylation sites (tertiary alicyclic amines) is 1. The van der Waals surface area contributed by atoms with Crippen LogP contribution in [0, 0.1) is 12.7 Å². The molecule has 0 radical (unpaired) electrons. The number of amides is 1. The summed E-state index contributed by atoms with van der Waals surface area (Å²) < 4.78 is 37.2. The number of piperazine rings is 1. The average Bonchev–Trinajstić information content (AvgIpc) is 3.47. The predicted octanol–water partition coefficient (Wildman–Crippen LogP) is 2.46. The van der Waals surface area contributed by atoms with Gasteiger partial charge in [0.2, 0.25) is 0 Å². The lowest BCUT2D eigenvalue weighted by Gasteiger charge is -2.47. The Labute approximate surface area is 282 Å². The Morgan fingerprint density at radius 3 is 2.51 bits per heavy atom. The number of hydrogen-bond donors (Lipinski definition) is 3. The predicted molar refractivity (Wildman–Crippen MR) is 183 cm³/mol. The number of piperidine rings is 1. The second-order valence-corrected chi connectivity index (χ2v) is 15.8. The van der Waals surface area contributed by atoms with Crippen molar-refractivity contribution in [2.45, 2.75) is 70.7 Å². The van der Waals surface area contributed by atoms with Crippen LogP contribution in [0.3, 0.4) is 0 Å². The van der Waals surface area contributed by atoms with E-state index < -0.39 is 15.7 Å². The monoisotopic (exact) mass is 694 g/mol. The number of nitrogen functional groups attached to an aromatic ring is 1. The normalized spacial score (nSPS) is 21.8. The second-order valence-electron chi connectivity index (χ2n) is 13.1. The Bertz CT molecular complexity index is 1540. The number of sulfone groups is 1. The van der Waals surface area contributed by atoms with E-state index in [2.05, 4.69) is 41.8 Å². The van der Waals surface area contributed by atoms with E-state index in [-0.39, 0.29) is 53.3 Å². The average molecular weight is 695 g/mol. The highest BCUT2D eigenvalue weighted by molar-refractivity contribution is 7.90. The van der Waals surface area contributed by atoms with Crippen LogP contribution in [0.25, 0.3) is 0 Å². The molecule has 3 fully saturated rings. The minimum atomic E-state index is -3.11. The van der Waals surface area contributed by atoms with Crippen molar-refractivity contribution in [1.29, 1.82) is 0 Å². The number of carbonyl (C=O) groups is 1.